The first-order valence-electron chi connectivity index (χ1n) is 5.93. The van der Waals surface area contributed by atoms with Crippen molar-refractivity contribution in [1.82, 2.24) is 5.32 Å². The van der Waals surface area contributed by atoms with Crippen LogP contribution in [0.4, 0.5) is 4.79 Å². The van der Waals surface area contributed by atoms with E-state index in [1.165, 1.54) is 0 Å². The van der Waals surface area contributed by atoms with E-state index in [0.29, 0.717) is 6.54 Å². The molecule has 2 atom stereocenters. The number of carbonyl (C=O) groups excluding carboxylic acids is 1. The Bertz CT molecular complexity index is 398. The zero-order chi connectivity index (χ0) is 13.5. The van der Waals surface area contributed by atoms with Crippen LogP contribution in [0.2, 0.25) is 0 Å². The Balaban J connectivity index is 2.59. The molecule has 1 amide bonds. The molecule has 1 rings (SSSR count). The minimum atomic E-state index is -0.814. The van der Waals surface area contributed by atoms with Crippen LogP contribution in [-0.4, -0.2) is 23.8 Å². The number of ether oxygens (including phenoxy) is 1. The molecular formula is C13H18INO3. The highest BCUT2D eigenvalue weighted by molar-refractivity contribution is 14.1. The standard InChI is InChI=1S/C13H18INO3/c1-3-8-15-13(17)18-9(2)12(16)10-6-4-5-7-11(10)14/h4-7,9,12,16H,3,8H2,1-2H3,(H,15,17)/t9-,12+/m0/s1. The number of rotatable bonds is 5. The van der Waals surface area contributed by atoms with Crippen molar-refractivity contribution in [2.75, 3.05) is 6.54 Å². The largest absolute Gasteiger partial charge is 0.443 e. The average Bonchev–Trinajstić information content (AvgIpc) is 2.36. The van der Waals surface area contributed by atoms with Crippen LogP contribution >= 0.6 is 22.6 Å². The summed E-state index contributed by atoms with van der Waals surface area (Å²) in [5.41, 5.74) is 0.772. The smallest absolute Gasteiger partial charge is 0.407 e. The third kappa shape index (κ3) is 4.45. The Kier molecular flexibility index (Phi) is 6.42. The van der Waals surface area contributed by atoms with Gasteiger partial charge >= 0.3 is 6.09 Å². The number of alkyl carbamates (subject to hydrolysis) is 1. The number of carbonyl (C=O) groups is 1. The number of hydrogen-bond donors (Lipinski definition) is 2. The Morgan fingerprint density at radius 1 is 1.50 bits per heavy atom. The summed E-state index contributed by atoms with van der Waals surface area (Å²) in [6.45, 7) is 4.22. The number of nitrogens with one attached hydrogen (secondary N) is 1. The van der Waals surface area contributed by atoms with Crippen molar-refractivity contribution in [2.45, 2.75) is 32.5 Å². The molecule has 0 fully saturated rings. The van der Waals surface area contributed by atoms with Gasteiger partial charge in [-0.2, -0.15) is 0 Å². The van der Waals surface area contributed by atoms with Gasteiger partial charge in [0.05, 0.1) is 0 Å². The Labute approximate surface area is 121 Å². The lowest BCUT2D eigenvalue weighted by molar-refractivity contribution is 0.0116. The molecule has 18 heavy (non-hydrogen) atoms. The quantitative estimate of drug-likeness (QED) is 0.791. The fraction of sp³-hybridized carbons (Fsp3) is 0.462. The van der Waals surface area contributed by atoms with Crippen LogP contribution in [0.15, 0.2) is 24.3 Å². The zero-order valence-electron chi connectivity index (χ0n) is 10.5. The number of halogens is 1. The molecule has 0 saturated carbocycles. The second kappa shape index (κ2) is 7.58. The molecule has 2 N–H and O–H groups in total. The van der Waals surface area contributed by atoms with Crippen LogP contribution in [-0.2, 0) is 4.74 Å². The molecular weight excluding hydrogens is 345 g/mol. The number of hydrogen-bond acceptors (Lipinski definition) is 3. The second-order valence-electron chi connectivity index (χ2n) is 4.00. The van der Waals surface area contributed by atoms with Crippen LogP contribution in [0.1, 0.15) is 31.9 Å². The maximum absolute atomic E-state index is 11.4. The fourth-order valence-corrected chi connectivity index (χ4v) is 2.18. The van der Waals surface area contributed by atoms with Crippen LogP contribution in [0.25, 0.3) is 0 Å². The van der Waals surface area contributed by atoms with E-state index in [1.807, 2.05) is 31.2 Å². The maximum Gasteiger partial charge on any atom is 0.407 e. The van der Waals surface area contributed by atoms with Gasteiger partial charge in [0.1, 0.15) is 12.2 Å². The van der Waals surface area contributed by atoms with Gasteiger partial charge in [-0.3, -0.25) is 0 Å². The molecule has 0 aliphatic heterocycles. The van der Waals surface area contributed by atoms with Gasteiger partial charge in [-0.25, -0.2) is 4.79 Å². The van der Waals surface area contributed by atoms with Crippen molar-refractivity contribution in [2.24, 2.45) is 0 Å². The van der Waals surface area contributed by atoms with Gasteiger partial charge in [0.25, 0.3) is 0 Å². The highest BCUT2D eigenvalue weighted by Crippen LogP contribution is 2.23. The monoisotopic (exact) mass is 363 g/mol. The van der Waals surface area contributed by atoms with E-state index in [4.69, 9.17) is 4.74 Å². The minimum Gasteiger partial charge on any atom is -0.443 e. The summed E-state index contributed by atoms with van der Waals surface area (Å²) < 4.78 is 6.07. The molecule has 5 heteroatoms. The molecule has 0 aliphatic carbocycles. The third-order valence-corrected chi connectivity index (χ3v) is 3.46. The molecule has 0 radical (unpaired) electrons. The summed E-state index contributed by atoms with van der Waals surface area (Å²) in [5.74, 6) is 0. The molecule has 0 heterocycles. The van der Waals surface area contributed by atoms with Gasteiger partial charge in [-0.1, -0.05) is 25.1 Å². The van der Waals surface area contributed by atoms with Crippen molar-refractivity contribution in [3.8, 4) is 0 Å². The van der Waals surface area contributed by atoms with Crippen molar-refractivity contribution >= 4 is 28.7 Å². The molecule has 1 aromatic rings. The lowest BCUT2D eigenvalue weighted by Gasteiger charge is -2.20. The summed E-state index contributed by atoms with van der Waals surface area (Å²) in [6.07, 6.45) is -1.04. The van der Waals surface area contributed by atoms with Crippen molar-refractivity contribution in [1.29, 1.82) is 0 Å². The topological polar surface area (TPSA) is 58.6 Å². The summed E-state index contributed by atoms with van der Waals surface area (Å²) in [6, 6.07) is 7.49. The fourth-order valence-electron chi connectivity index (χ4n) is 1.47. The summed E-state index contributed by atoms with van der Waals surface area (Å²) >= 11 is 2.15. The van der Waals surface area contributed by atoms with Crippen LogP contribution in [0, 0.1) is 3.57 Å². The number of amides is 1. The highest BCUT2D eigenvalue weighted by Gasteiger charge is 2.21. The van der Waals surface area contributed by atoms with E-state index < -0.39 is 18.3 Å². The zero-order valence-corrected chi connectivity index (χ0v) is 12.7. The molecule has 0 saturated heterocycles. The van der Waals surface area contributed by atoms with Gasteiger partial charge in [0, 0.05) is 10.1 Å². The summed E-state index contributed by atoms with van der Waals surface area (Å²) in [7, 11) is 0. The highest BCUT2D eigenvalue weighted by atomic mass is 127. The first-order valence-corrected chi connectivity index (χ1v) is 7.01. The number of aliphatic hydroxyl groups excluding tert-OH is 1. The summed E-state index contributed by atoms with van der Waals surface area (Å²) in [4.78, 5) is 11.4. The predicted octanol–water partition coefficient (Wildman–Crippen LogP) is 2.85. The van der Waals surface area contributed by atoms with Crippen LogP contribution < -0.4 is 5.32 Å². The van der Waals surface area contributed by atoms with Crippen LogP contribution in [0.3, 0.4) is 0 Å². The molecule has 0 spiro atoms. The predicted molar refractivity (Wildman–Crippen MR) is 78.4 cm³/mol. The lowest BCUT2D eigenvalue weighted by atomic mass is 10.1. The van der Waals surface area contributed by atoms with Gasteiger partial charge in [-0.15, -0.1) is 0 Å². The molecule has 0 aliphatic rings. The van der Waals surface area contributed by atoms with E-state index in [0.717, 1.165) is 15.6 Å². The molecule has 0 unspecified atom stereocenters. The minimum absolute atomic E-state index is 0.491. The van der Waals surface area contributed by atoms with Crippen molar-refractivity contribution < 1.29 is 14.6 Å². The van der Waals surface area contributed by atoms with Gasteiger partial charge in [0.2, 0.25) is 0 Å². The molecule has 100 valence electrons. The Hall–Kier alpha value is -0.820. The summed E-state index contributed by atoms with van der Waals surface area (Å²) in [5, 5.41) is 12.7. The second-order valence-corrected chi connectivity index (χ2v) is 5.17. The van der Waals surface area contributed by atoms with Gasteiger partial charge in [-0.05, 0) is 47.6 Å². The molecule has 1 aromatic carbocycles. The molecule has 4 nitrogen and oxygen atoms in total. The van der Waals surface area contributed by atoms with Gasteiger partial charge in [0.15, 0.2) is 0 Å². The molecule has 0 bridgehead atoms. The SMILES string of the molecule is CCCNC(=O)O[C@@H](C)[C@@H](O)c1ccccc1I. The van der Waals surface area contributed by atoms with Crippen molar-refractivity contribution in [3.63, 3.8) is 0 Å². The maximum atomic E-state index is 11.4. The number of aliphatic hydroxyl groups is 1. The first-order chi connectivity index (χ1) is 8.56. The van der Waals surface area contributed by atoms with E-state index in [-0.39, 0.29) is 0 Å². The third-order valence-electron chi connectivity index (χ3n) is 2.48. The average molecular weight is 363 g/mol. The Morgan fingerprint density at radius 2 is 2.17 bits per heavy atom. The van der Waals surface area contributed by atoms with E-state index in [1.54, 1.807) is 6.92 Å². The molecule has 0 aromatic heterocycles. The normalized spacial score (nSPS) is 13.8. The van der Waals surface area contributed by atoms with E-state index in [9.17, 15) is 9.90 Å². The Morgan fingerprint density at radius 3 is 2.78 bits per heavy atom. The van der Waals surface area contributed by atoms with Gasteiger partial charge < -0.3 is 15.2 Å². The number of benzene rings is 1. The van der Waals surface area contributed by atoms with Crippen LogP contribution in [0.5, 0.6) is 0 Å². The first kappa shape index (κ1) is 15.2. The van der Waals surface area contributed by atoms with E-state index in [2.05, 4.69) is 27.9 Å². The lowest BCUT2D eigenvalue weighted by Crippen LogP contribution is -2.31. The van der Waals surface area contributed by atoms with E-state index >= 15 is 0 Å². The van der Waals surface area contributed by atoms with Crippen molar-refractivity contribution in [3.05, 3.63) is 33.4 Å².